The van der Waals surface area contributed by atoms with Crippen LogP contribution in [0.15, 0.2) is 161 Å². The lowest BCUT2D eigenvalue weighted by Gasteiger charge is -2.10. The van der Waals surface area contributed by atoms with E-state index in [4.69, 9.17) is 5.79 Å². The fraction of sp³-hybridized carbons (Fsp3) is 0. The van der Waals surface area contributed by atoms with E-state index in [2.05, 4.69) is 28.7 Å². The lowest BCUT2D eigenvalue weighted by Crippen LogP contribution is -2.01. The van der Waals surface area contributed by atoms with E-state index in [1.54, 1.807) is 6.07 Å². The number of fused-ring (bicyclic) bond motifs is 8. The molecule has 0 amide bonds. The van der Waals surface area contributed by atoms with E-state index in [0.717, 1.165) is 49.4 Å². The van der Waals surface area contributed by atoms with E-state index in [1.165, 1.54) is 0 Å². The summed E-state index contributed by atoms with van der Waals surface area (Å²) in [6, 6.07) is 43.7. The van der Waals surface area contributed by atoms with Crippen LogP contribution in [0.2, 0.25) is 0 Å². The van der Waals surface area contributed by atoms with E-state index >= 15 is 0 Å². The van der Waals surface area contributed by atoms with Gasteiger partial charge in [0.1, 0.15) is 11.2 Å². The maximum atomic E-state index is 13.3. The van der Waals surface area contributed by atoms with Crippen LogP contribution in [0.3, 0.4) is 0 Å². The Morgan fingerprint density at radius 1 is 0.457 bits per heavy atom. The van der Waals surface area contributed by atoms with E-state index in [0.29, 0.717) is 44.0 Å². The summed E-state index contributed by atoms with van der Waals surface area (Å²) in [4.78, 5) is 13.3. The normalized spacial score (nSPS) is 12.9. The van der Waals surface area contributed by atoms with Gasteiger partial charge in [0.25, 0.3) is 0 Å². The van der Waals surface area contributed by atoms with E-state index in [9.17, 15) is 7.54 Å². The molecule has 0 spiro atoms. The minimum Gasteiger partial charge on any atom is -0.456 e. The molecule has 3 heteroatoms. The first kappa shape index (κ1) is 22.3. The maximum absolute atomic E-state index is 13.3. The van der Waals surface area contributed by atoms with E-state index in [-0.39, 0.29) is 23.6 Å². The van der Waals surface area contributed by atoms with Crippen molar-refractivity contribution < 1.29 is 8.53 Å². The van der Waals surface area contributed by atoms with Crippen molar-refractivity contribution in [3.63, 3.8) is 0 Å². The molecule has 0 N–H and O–H groups in total. The van der Waals surface area contributed by atoms with Crippen LogP contribution in [0.5, 0.6) is 0 Å². The molecule has 0 saturated heterocycles. The molecule has 3 nitrogen and oxygen atoms in total. The smallest absolute Gasteiger partial charge is 0.200 e. The third-order valence-electron chi connectivity index (χ3n) is 9.24. The molecule has 46 heavy (non-hydrogen) atoms. The summed E-state index contributed by atoms with van der Waals surface area (Å²) in [6.45, 7) is 0. The maximum Gasteiger partial charge on any atom is 0.200 e. The van der Waals surface area contributed by atoms with Gasteiger partial charge >= 0.3 is 0 Å². The van der Waals surface area contributed by atoms with Gasteiger partial charge in [-0.3, -0.25) is 4.79 Å². The van der Waals surface area contributed by atoms with Gasteiger partial charge < -0.3 is 8.82 Å². The first-order valence-electron chi connectivity index (χ1n) is 16.8. The van der Waals surface area contributed by atoms with Crippen molar-refractivity contribution in [2.45, 2.75) is 0 Å². The van der Waals surface area contributed by atoms with Crippen LogP contribution in [0.1, 0.15) is 4.11 Å². The molecular weight excluding hydrogens is 562 g/mol. The van der Waals surface area contributed by atoms with Gasteiger partial charge in [0.05, 0.1) is 31.4 Å². The Morgan fingerprint density at radius 2 is 1.04 bits per heavy atom. The van der Waals surface area contributed by atoms with Gasteiger partial charge in [-0.2, -0.15) is 0 Å². The average molecular weight is 591 g/mol. The molecule has 0 saturated carbocycles. The summed E-state index contributed by atoms with van der Waals surface area (Å²) in [5.74, 6) is 0. The number of benzene rings is 7. The lowest BCUT2D eigenvalue weighted by molar-refractivity contribution is 0.660. The quantitative estimate of drug-likeness (QED) is 0.192. The zero-order valence-corrected chi connectivity index (χ0v) is 24.5. The fourth-order valence-electron chi connectivity index (χ4n) is 7.07. The monoisotopic (exact) mass is 590 g/mol. The summed E-state index contributed by atoms with van der Waals surface area (Å²) >= 11 is 0. The van der Waals surface area contributed by atoms with Crippen molar-refractivity contribution in [3.8, 4) is 33.4 Å². The number of para-hydroxylation sites is 3. The van der Waals surface area contributed by atoms with Crippen molar-refractivity contribution in [3.05, 3.63) is 162 Å². The lowest BCUT2D eigenvalue weighted by atomic mass is 9.95. The highest BCUT2D eigenvalue weighted by Gasteiger charge is 2.17. The van der Waals surface area contributed by atoms with Crippen LogP contribution in [0.25, 0.3) is 93.4 Å². The molecule has 0 atom stereocenters. The van der Waals surface area contributed by atoms with Crippen molar-refractivity contribution in [1.82, 2.24) is 4.40 Å². The molecule has 0 aliphatic heterocycles. The van der Waals surface area contributed by atoms with Crippen LogP contribution in [-0.4, -0.2) is 4.40 Å². The molecule has 0 bridgehead atoms. The summed E-state index contributed by atoms with van der Waals surface area (Å²) < 4.78 is 36.0. The molecule has 0 unspecified atom stereocenters. The molecular formula is C43H25NO2. The molecule has 214 valence electrons. The SMILES string of the molecule is [2H]c1c(-c2cccc(-c3cccc(-c4ccc5oc6ccccc6c(=O)c5c4)c3)c2)c([2H])c2c(c1[2H])c1cccc3c4ccccc4n2c31. The van der Waals surface area contributed by atoms with Gasteiger partial charge in [0, 0.05) is 21.5 Å². The minimum atomic E-state index is -0.0557. The van der Waals surface area contributed by atoms with Gasteiger partial charge in [0.2, 0.25) is 5.43 Å². The highest BCUT2D eigenvalue weighted by atomic mass is 16.3. The summed E-state index contributed by atoms with van der Waals surface area (Å²) in [5.41, 5.74) is 8.59. The largest absolute Gasteiger partial charge is 0.456 e. The topological polar surface area (TPSA) is 34.6 Å². The van der Waals surface area contributed by atoms with E-state index in [1.807, 2.05) is 103 Å². The number of hydrogen-bond donors (Lipinski definition) is 0. The number of hydrogen-bond acceptors (Lipinski definition) is 2. The van der Waals surface area contributed by atoms with Crippen LogP contribution in [-0.2, 0) is 0 Å². The molecule has 3 heterocycles. The first-order valence-corrected chi connectivity index (χ1v) is 15.3. The molecule has 0 radical (unpaired) electrons. The second kappa shape index (κ2) is 9.40. The predicted molar refractivity (Wildman–Crippen MR) is 191 cm³/mol. The molecule has 0 aliphatic rings. The number of rotatable bonds is 3. The average Bonchev–Trinajstić information content (AvgIpc) is 3.67. The Morgan fingerprint density at radius 3 is 1.83 bits per heavy atom. The summed E-state index contributed by atoms with van der Waals surface area (Å²) in [7, 11) is 0. The van der Waals surface area contributed by atoms with Gasteiger partial charge in [-0.15, -0.1) is 0 Å². The summed E-state index contributed by atoms with van der Waals surface area (Å²) in [6.07, 6.45) is 0. The van der Waals surface area contributed by atoms with Crippen LogP contribution >= 0.6 is 0 Å². The highest BCUT2D eigenvalue weighted by molar-refractivity contribution is 6.23. The van der Waals surface area contributed by atoms with Gasteiger partial charge in [-0.05, 0) is 81.9 Å². The first-order chi connectivity index (χ1) is 24.0. The third-order valence-corrected chi connectivity index (χ3v) is 9.24. The Hall–Kier alpha value is -6.19. The predicted octanol–water partition coefficient (Wildman–Crippen LogP) is 11.1. The Kier molecular flexibility index (Phi) is 4.57. The molecule has 10 rings (SSSR count). The van der Waals surface area contributed by atoms with Crippen molar-refractivity contribution in [2.24, 2.45) is 0 Å². The molecule has 10 aromatic rings. The zero-order valence-electron chi connectivity index (χ0n) is 27.5. The highest BCUT2D eigenvalue weighted by Crippen LogP contribution is 2.40. The van der Waals surface area contributed by atoms with Crippen molar-refractivity contribution in [1.29, 1.82) is 0 Å². The van der Waals surface area contributed by atoms with Crippen molar-refractivity contribution in [2.75, 3.05) is 0 Å². The second-order valence-electron chi connectivity index (χ2n) is 11.8. The Bertz CT molecular complexity index is 3070. The zero-order chi connectivity index (χ0) is 33.0. The molecule has 3 aromatic heterocycles. The fourth-order valence-corrected chi connectivity index (χ4v) is 7.07. The third kappa shape index (κ3) is 3.57. The minimum absolute atomic E-state index is 0.0456. The number of nitrogens with zero attached hydrogens (tertiary/aromatic N) is 1. The van der Waals surface area contributed by atoms with Crippen LogP contribution in [0.4, 0.5) is 0 Å². The van der Waals surface area contributed by atoms with Crippen LogP contribution < -0.4 is 5.43 Å². The van der Waals surface area contributed by atoms with Gasteiger partial charge in [0.15, 0.2) is 0 Å². The van der Waals surface area contributed by atoms with Gasteiger partial charge in [-0.1, -0.05) is 103 Å². The van der Waals surface area contributed by atoms with E-state index < -0.39 is 0 Å². The van der Waals surface area contributed by atoms with Crippen LogP contribution in [0, 0.1) is 0 Å². The van der Waals surface area contributed by atoms with Crippen molar-refractivity contribution >= 4 is 60.0 Å². The molecule has 0 aliphatic carbocycles. The molecule has 0 fully saturated rings. The molecule has 7 aromatic carbocycles. The standard InChI is InChI=1S/C43H25NO2/c45-43-36-13-2-4-17-40(36)46-41-21-19-30(24-37(41)43)28-10-5-8-26(22-28)27-9-6-11-29(23-27)31-18-20-33-35-15-7-14-34-32-12-1-3-16-38(32)44(42(34)35)39(33)25-31/h1-25H/i18D,20D,25D. The summed E-state index contributed by atoms with van der Waals surface area (Å²) in [5, 5.41) is 4.82. The Labute approximate surface area is 267 Å². The second-order valence-corrected chi connectivity index (χ2v) is 11.8. The van der Waals surface area contributed by atoms with Gasteiger partial charge in [-0.25, -0.2) is 0 Å². The number of aromatic nitrogens is 1. The Balaban J connectivity index is 1.13.